The first-order valence-corrected chi connectivity index (χ1v) is 7.53. The first kappa shape index (κ1) is 15.1. The number of benzene rings is 1. The predicted molar refractivity (Wildman–Crippen MR) is 81.2 cm³/mol. The van der Waals surface area contributed by atoms with Crippen LogP contribution >= 0.6 is 0 Å². The van der Waals surface area contributed by atoms with Crippen LogP contribution in [0.3, 0.4) is 0 Å². The van der Waals surface area contributed by atoms with Crippen LogP contribution in [0.2, 0.25) is 0 Å². The molecule has 0 aromatic heterocycles. The van der Waals surface area contributed by atoms with Crippen molar-refractivity contribution in [3.8, 4) is 11.5 Å². The largest absolute Gasteiger partial charge is 0.504 e. The Kier molecular flexibility index (Phi) is 5.68. The number of likely N-dealkylation sites (tertiary alicyclic amines) is 1. The molecule has 4 nitrogen and oxygen atoms in total. The molecule has 1 heterocycles. The first-order chi connectivity index (χ1) is 9.70. The molecule has 1 saturated heterocycles. The number of phenols is 1. The summed E-state index contributed by atoms with van der Waals surface area (Å²) in [6.45, 7) is 6.59. The number of aromatic hydroxyl groups is 1. The molecule has 1 fully saturated rings. The van der Waals surface area contributed by atoms with Gasteiger partial charge in [-0.1, -0.05) is 12.1 Å². The van der Waals surface area contributed by atoms with E-state index in [2.05, 4.69) is 17.3 Å². The quantitative estimate of drug-likeness (QED) is 0.837. The summed E-state index contributed by atoms with van der Waals surface area (Å²) in [5, 5.41) is 13.6. The van der Waals surface area contributed by atoms with Crippen molar-refractivity contribution in [2.24, 2.45) is 5.92 Å². The second-order valence-corrected chi connectivity index (χ2v) is 5.57. The van der Waals surface area contributed by atoms with Crippen molar-refractivity contribution < 1.29 is 9.84 Å². The molecule has 1 aromatic rings. The van der Waals surface area contributed by atoms with E-state index in [4.69, 9.17) is 4.74 Å². The zero-order valence-corrected chi connectivity index (χ0v) is 12.6. The van der Waals surface area contributed by atoms with Gasteiger partial charge in [-0.2, -0.15) is 0 Å². The standard InChI is InChI=1S/C16H26N2O2/c1-3-20-15-6-4-5-14(16(15)19)12-17-11-13-7-9-18(2)10-8-13/h4-6,13,17,19H,3,7-12H2,1-2H3. The average molecular weight is 278 g/mol. The number of piperidine rings is 1. The number of ether oxygens (including phenoxy) is 1. The van der Waals surface area contributed by atoms with Crippen LogP contribution in [0.4, 0.5) is 0 Å². The summed E-state index contributed by atoms with van der Waals surface area (Å²) in [6, 6.07) is 5.68. The number of nitrogens with zero attached hydrogens (tertiary/aromatic N) is 1. The SMILES string of the molecule is CCOc1cccc(CNCC2CCN(C)CC2)c1O. The van der Waals surface area contributed by atoms with Gasteiger partial charge >= 0.3 is 0 Å². The molecular weight excluding hydrogens is 252 g/mol. The number of hydrogen-bond acceptors (Lipinski definition) is 4. The van der Waals surface area contributed by atoms with Gasteiger partial charge in [-0.3, -0.25) is 0 Å². The van der Waals surface area contributed by atoms with Crippen LogP contribution in [0.1, 0.15) is 25.3 Å². The fourth-order valence-electron chi connectivity index (χ4n) is 2.66. The highest BCUT2D eigenvalue weighted by atomic mass is 16.5. The van der Waals surface area contributed by atoms with E-state index in [1.165, 1.54) is 25.9 Å². The smallest absolute Gasteiger partial charge is 0.162 e. The number of para-hydroxylation sites is 1. The van der Waals surface area contributed by atoms with Crippen molar-refractivity contribution in [3.05, 3.63) is 23.8 Å². The van der Waals surface area contributed by atoms with Crippen LogP contribution < -0.4 is 10.1 Å². The number of phenolic OH excluding ortho intramolecular Hbond substituents is 1. The lowest BCUT2D eigenvalue weighted by Crippen LogP contribution is -2.34. The molecule has 1 aromatic carbocycles. The predicted octanol–water partition coefficient (Wildman–Crippen LogP) is 2.22. The molecule has 0 unspecified atom stereocenters. The highest BCUT2D eigenvalue weighted by molar-refractivity contribution is 5.45. The molecule has 112 valence electrons. The molecule has 0 saturated carbocycles. The lowest BCUT2D eigenvalue weighted by atomic mass is 9.97. The molecule has 0 aliphatic carbocycles. The number of rotatable bonds is 6. The maximum atomic E-state index is 10.1. The lowest BCUT2D eigenvalue weighted by molar-refractivity contribution is 0.216. The molecule has 0 bridgehead atoms. The minimum Gasteiger partial charge on any atom is -0.504 e. The molecule has 0 amide bonds. The van der Waals surface area contributed by atoms with Gasteiger partial charge in [0.15, 0.2) is 11.5 Å². The van der Waals surface area contributed by atoms with Crippen molar-refractivity contribution in [1.82, 2.24) is 10.2 Å². The highest BCUT2D eigenvalue weighted by Gasteiger charge is 2.16. The third-order valence-electron chi connectivity index (χ3n) is 3.97. The zero-order chi connectivity index (χ0) is 14.4. The Labute approximate surface area is 121 Å². The Hall–Kier alpha value is -1.26. The number of nitrogens with one attached hydrogen (secondary N) is 1. The van der Waals surface area contributed by atoms with Gasteiger partial charge in [0.25, 0.3) is 0 Å². The Morgan fingerprint density at radius 2 is 2.10 bits per heavy atom. The van der Waals surface area contributed by atoms with Crippen molar-refractivity contribution in [1.29, 1.82) is 0 Å². The summed E-state index contributed by atoms with van der Waals surface area (Å²) in [7, 11) is 2.18. The summed E-state index contributed by atoms with van der Waals surface area (Å²) in [6.07, 6.45) is 2.52. The molecule has 2 N–H and O–H groups in total. The molecular formula is C16H26N2O2. The van der Waals surface area contributed by atoms with Gasteiger partial charge in [-0.05, 0) is 58.4 Å². The Bertz CT molecular complexity index is 415. The third kappa shape index (κ3) is 4.12. The van der Waals surface area contributed by atoms with Gasteiger partial charge in [-0.25, -0.2) is 0 Å². The molecule has 0 spiro atoms. The van der Waals surface area contributed by atoms with Gasteiger partial charge in [0.05, 0.1) is 6.61 Å². The minimum atomic E-state index is 0.269. The topological polar surface area (TPSA) is 44.7 Å². The van der Waals surface area contributed by atoms with E-state index in [0.29, 0.717) is 18.9 Å². The van der Waals surface area contributed by atoms with Crippen LogP contribution in [0.5, 0.6) is 11.5 Å². The van der Waals surface area contributed by atoms with Gasteiger partial charge in [-0.15, -0.1) is 0 Å². The van der Waals surface area contributed by atoms with E-state index in [-0.39, 0.29) is 5.75 Å². The molecule has 1 aliphatic rings. The summed E-state index contributed by atoms with van der Waals surface area (Å²) in [5.74, 6) is 1.60. The Morgan fingerprint density at radius 1 is 1.35 bits per heavy atom. The summed E-state index contributed by atoms with van der Waals surface area (Å²) >= 11 is 0. The summed E-state index contributed by atoms with van der Waals surface area (Å²) < 4.78 is 5.40. The molecule has 0 radical (unpaired) electrons. The second kappa shape index (κ2) is 7.50. The lowest BCUT2D eigenvalue weighted by Gasteiger charge is -2.29. The van der Waals surface area contributed by atoms with Crippen molar-refractivity contribution >= 4 is 0 Å². The van der Waals surface area contributed by atoms with Crippen LogP contribution in [0, 0.1) is 5.92 Å². The summed E-state index contributed by atoms with van der Waals surface area (Å²) in [4.78, 5) is 2.38. The molecule has 0 atom stereocenters. The molecule has 1 aliphatic heterocycles. The molecule has 20 heavy (non-hydrogen) atoms. The van der Waals surface area contributed by atoms with E-state index in [1.54, 1.807) is 6.07 Å². The van der Waals surface area contributed by atoms with Crippen molar-refractivity contribution in [3.63, 3.8) is 0 Å². The first-order valence-electron chi connectivity index (χ1n) is 7.53. The monoisotopic (exact) mass is 278 g/mol. The fourth-order valence-corrected chi connectivity index (χ4v) is 2.66. The highest BCUT2D eigenvalue weighted by Crippen LogP contribution is 2.29. The fraction of sp³-hybridized carbons (Fsp3) is 0.625. The van der Waals surface area contributed by atoms with Crippen molar-refractivity contribution in [2.45, 2.75) is 26.3 Å². The van der Waals surface area contributed by atoms with Crippen LogP contribution in [0.25, 0.3) is 0 Å². The van der Waals surface area contributed by atoms with E-state index < -0.39 is 0 Å². The second-order valence-electron chi connectivity index (χ2n) is 5.57. The van der Waals surface area contributed by atoms with Gasteiger partial charge < -0.3 is 20.1 Å². The van der Waals surface area contributed by atoms with Gasteiger partial charge in [0.1, 0.15) is 0 Å². The maximum Gasteiger partial charge on any atom is 0.162 e. The summed E-state index contributed by atoms with van der Waals surface area (Å²) in [5.41, 5.74) is 0.906. The molecule has 4 heteroatoms. The zero-order valence-electron chi connectivity index (χ0n) is 12.6. The maximum absolute atomic E-state index is 10.1. The van der Waals surface area contributed by atoms with Gasteiger partial charge in [0.2, 0.25) is 0 Å². The van der Waals surface area contributed by atoms with Crippen LogP contribution in [0.15, 0.2) is 18.2 Å². The van der Waals surface area contributed by atoms with E-state index in [0.717, 1.165) is 18.0 Å². The normalized spacial score (nSPS) is 17.3. The van der Waals surface area contributed by atoms with Crippen LogP contribution in [-0.4, -0.2) is 43.3 Å². The van der Waals surface area contributed by atoms with E-state index in [1.807, 2.05) is 19.1 Å². The van der Waals surface area contributed by atoms with Crippen molar-refractivity contribution in [2.75, 3.05) is 33.3 Å². The molecule has 2 rings (SSSR count). The number of hydrogen-bond donors (Lipinski definition) is 2. The Balaban J connectivity index is 1.80. The van der Waals surface area contributed by atoms with Crippen LogP contribution in [-0.2, 0) is 6.54 Å². The Morgan fingerprint density at radius 3 is 2.80 bits per heavy atom. The van der Waals surface area contributed by atoms with E-state index in [9.17, 15) is 5.11 Å². The van der Waals surface area contributed by atoms with E-state index >= 15 is 0 Å². The van der Waals surface area contributed by atoms with Gasteiger partial charge in [0, 0.05) is 12.1 Å². The third-order valence-corrected chi connectivity index (χ3v) is 3.97. The minimum absolute atomic E-state index is 0.269. The average Bonchev–Trinajstić information content (AvgIpc) is 2.45.